The molecule has 0 amide bonds. The highest BCUT2D eigenvalue weighted by Crippen LogP contribution is 2.63. The number of hydrogen-bond acceptors (Lipinski definition) is 10. The van der Waals surface area contributed by atoms with E-state index < -0.39 is 11.6 Å². The van der Waals surface area contributed by atoms with Crippen LogP contribution in [0.4, 0.5) is 0 Å². The molecule has 286 valence electrons. The zero-order chi connectivity index (χ0) is 40.3. The van der Waals surface area contributed by atoms with E-state index in [0.717, 1.165) is 39.2 Å². The van der Waals surface area contributed by atoms with E-state index in [1.165, 1.54) is 27.8 Å². The van der Waals surface area contributed by atoms with Gasteiger partial charge in [0.25, 0.3) is 0 Å². The van der Waals surface area contributed by atoms with E-state index in [4.69, 9.17) is 24.9 Å². The first kappa shape index (κ1) is 34.7. The minimum Gasteiger partial charge on any atom is -0.323 e. The van der Waals surface area contributed by atoms with E-state index in [1.54, 1.807) is 24.8 Å². The van der Waals surface area contributed by atoms with Gasteiger partial charge in [-0.1, -0.05) is 97.1 Å². The van der Waals surface area contributed by atoms with Crippen LogP contribution in [0.1, 0.15) is 45.4 Å². The molecule has 6 heterocycles. The normalized spacial score (nSPS) is 16.8. The lowest BCUT2D eigenvalue weighted by atomic mass is 9.70. The van der Waals surface area contributed by atoms with Crippen molar-refractivity contribution < 1.29 is 0 Å². The smallest absolute Gasteiger partial charge is 0.186 e. The maximum Gasteiger partial charge on any atom is 0.186 e. The van der Waals surface area contributed by atoms with Crippen molar-refractivity contribution in [2.75, 3.05) is 0 Å². The molecular weight excluding hydrogens is 753 g/mol. The summed E-state index contributed by atoms with van der Waals surface area (Å²) >= 11 is 0. The average molecular weight is 785 g/mol. The number of aliphatic imine (C=N–C) groups is 2. The van der Waals surface area contributed by atoms with E-state index >= 15 is 0 Å². The third-order valence-electron chi connectivity index (χ3n) is 11.6. The molecule has 0 saturated heterocycles. The molecule has 0 saturated carbocycles. The van der Waals surface area contributed by atoms with Gasteiger partial charge in [0, 0.05) is 35.9 Å². The second-order valence-corrected chi connectivity index (χ2v) is 15.0. The van der Waals surface area contributed by atoms with Crippen molar-refractivity contribution in [3.8, 4) is 56.7 Å². The lowest BCUT2D eigenvalue weighted by Crippen LogP contribution is -2.37. The summed E-state index contributed by atoms with van der Waals surface area (Å²) in [7, 11) is 0. The van der Waals surface area contributed by atoms with Crippen LogP contribution in [0.2, 0.25) is 0 Å². The summed E-state index contributed by atoms with van der Waals surface area (Å²) in [5.74, 6) is 2.81. The molecule has 0 bridgehead atoms. The summed E-state index contributed by atoms with van der Waals surface area (Å²) < 4.78 is 0. The standard InChI is InChI=1S/C51H32N10/c1-3-15-37-33(13-1)35-23-21-31(45-56-47(41-17-5-9-25-52-41)60-48(57-45)42-18-6-10-26-53-42)29-39(35)51(37)38-16-4-2-14-34(38)36-24-22-32(30-40(36)51)46-58-49(43-19-7-11-27-54-43)61-50(59-46)44-20-8-12-28-55-44/h1-30,47H,(H,56,57,60). The van der Waals surface area contributed by atoms with E-state index in [2.05, 4.69) is 110 Å². The van der Waals surface area contributed by atoms with Gasteiger partial charge in [0.15, 0.2) is 29.5 Å². The summed E-state index contributed by atoms with van der Waals surface area (Å²) in [5, 5.41) is 3.56. The Labute approximate surface area is 350 Å². The van der Waals surface area contributed by atoms with Gasteiger partial charge in [-0.3, -0.25) is 19.9 Å². The van der Waals surface area contributed by atoms with E-state index in [-0.39, 0.29) is 0 Å². The van der Waals surface area contributed by atoms with Gasteiger partial charge in [0.1, 0.15) is 22.9 Å². The molecule has 5 aromatic heterocycles. The van der Waals surface area contributed by atoms with Crippen LogP contribution in [0.15, 0.2) is 192 Å². The third-order valence-corrected chi connectivity index (χ3v) is 11.6. The molecule has 1 N–H and O–H groups in total. The molecule has 1 aliphatic heterocycles. The molecule has 0 radical (unpaired) electrons. The van der Waals surface area contributed by atoms with Gasteiger partial charge in [-0.15, -0.1) is 0 Å². The van der Waals surface area contributed by atoms with Gasteiger partial charge in [-0.2, -0.15) is 0 Å². The Hall–Kier alpha value is -8.37. The number of fused-ring (bicyclic) bond motifs is 10. The van der Waals surface area contributed by atoms with Crippen LogP contribution in [0.3, 0.4) is 0 Å². The van der Waals surface area contributed by atoms with Gasteiger partial charge >= 0.3 is 0 Å². The van der Waals surface area contributed by atoms with Gasteiger partial charge in [-0.25, -0.2) is 24.9 Å². The second kappa shape index (κ2) is 13.9. The van der Waals surface area contributed by atoms with Crippen LogP contribution in [-0.4, -0.2) is 46.6 Å². The number of benzene rings is 4. The van der Waals surface area contributed by atoms with Crippen LogP contribution < -0.4 is 5.32 Å². The molecule has 1 spiro atoms. The number of nitrogens with zero attached hydrogens (tertiary/aromatic N) is 9. The van der Waals surface area contributed by atoms with Gasteiger partial charge in [0.05, 0.1) is 11.1 Å². The highest BCUT2D eigenvalue weighted by Gasteiger charge is 2.52. The summed E-state index contributed by atoms with van der Waals surface area (Å²) in [6.45, 7) is 0. The minimum atomic E-state index is -0.669. The van der Waals surface area contributed by atoms with Gasteiger partial charge in [0.2, 0.25) is 0 Å². The molecule has 10 heteroatoms. The number of hydrogen-bond donors (Lipinski definition) is 1. The van der Waals surface area contributed by atoms with Crippen molar-refractivity contribution >= 4 is 11.7 Å². The maximum absolute atomic E-state index is 5.19. The number of aromatic nitrogens is 7. The molecule has 2 atom stereocenters. The molecule has 61 heavy (non-hydrogen) atoms. The Morgan fingerprint density at radius 1 is 0.377 bits per heavy atom. The number of nitrogens with one attached hydrogen (secondary N) is 1. The van der Waals surface area contributed by atoms with Crippen molar-refractivity contribution in [3.63, 3.8) is 0 Å². The zero-order valence-corrected chi connectivity index (χ0v) is 32.4. The Morgan fingerprint density at radius 3 is 1.43 bits per heavy atom. The topological polar surface area (TPSA) is 127 Å². The molecule has 2 unspecified atom stereocenters. The van der Waals surface area contributed by atoms with E-state index in [0.29, 0.717) is 40.5 Å². The Kier molecular flexibility index (Phi) is 7.89. The van der Waals surface area contributed by atoms with Crippen molar-refractivity contribution in [1.29, 1.82) is 0 Å². The number of pyridine rings is 4. The van der Waals surface area contributed by atoms with Crippen molar-refractivity contribution in [2.45, 2.75) is 11.6 Å². The second-order valence-electron chi connectivity index (χ2n) is 15.0. The zero-order valence-electron chi connectivity index (χ0n) is 32.4. The van der Waals surface area contributed by atoms with E-state index in [1.807, 2.05) is 72.8 Å². The fourth-order valence-corrected chi connectivity index (χ4v) is 9.04. The van der Waals surface area contributed by atoms with Gasteiger partial charge in [-0.05, 0) is 105 Å². The monoisotopic (exact) mass is 784 g/mol. The van der Waals surface area contributed by atoms with Crippen LogP contribution in [-0.2, 0) is 5.41 Å². The highest BCUT2D eigenvalue weighted by molar-refractivity contribution is 6.15. The molecule has 2 aliphatic carbocycles. The van der Waals surface area contributed by atoms with Crippen LogP contribution in [0.25, 0.3) is 56.7 Å². The van der Waals surface area contributed by atoms with Crippen molar-refractivity contribution in [3.05, 3.63) is 222 Å². The molecular formula is C51H32N10. The largest absolute Gasteiger partial charge is 0.323 e. The average Bonchev–Trinajstić information content (AvgIpc) is 3.81. The lowest BCUT2D eigenvalue weighted by Gasteiger charge is -2.31. The Morgan fingerprint density at radius 2 is 0.852 bits per heavy atom. The summed E-state index contributed by atoms with van der Waals surface area (Å²) in [5.41, 5.74) is 13.3. The van der Waals surface area contributed by atoms with Crippen LogP contribution in [0, 0.1) is 0 Å². The summed E-state index contributed by atoms with van der Waals surface area (Å²) in [6, 6.07) is 53.9. The van der Waals surface area contributed by atoms with Crippen molar-refractivity contribution in [2.24, 2.45) is 9.98 Å². The fraction of sp³-hybridized carbons (Fsp3) is 0.0392. The minimum absolute atomic E-state index is 0.476. The van der Waals surface area contributed by atoms with Gasteiger partial charge < -0.3 is 5.32 Å². The van der Waals surface area contributed by atoms with Crippen LogP contribution in [0.5, 0.6) is 0 Å². The predicted molar refractivity (Wildman–Crippen MR) is 235 cm³/mol. The number of rotatable bonds is 6. The van der Waals surface area contributed by atoms with E-state index in [9.17, 15) is 0 Å². The quantitative estimate of drug-likeness (QED) is 0.177. The summed E-state index contributed by atoms with van der Waals surface area (Å²) in [4.78, 5) is 43.6. The first-order valence-corrected chi connectivity index (χ1v) is 20.1. The SMILES string of the molecule is c1ccc(C2=NC(c3ccccn3)N=C(c3ccc4c(c3)C3(c5ccccc5-4)c4ccccc4-c4ccc(-c5nc(-c6ccccn6)nc(-c6ccccn6)n5)cc43)N2)nc1. The first-order valence-electron chi connectivity index (χ1n) is 20.1. The molecule has 9 aromatic rings. The number of amidine groups is 2. The lowest BCUT2D eigenvalue weighted by molar-refractivity contribution is 0.726. The molecule has 4 aromatic carbocycles. The molecule has 10 nitrogen and oxygen atoms in total. The molecule has 12 rings (SSSR count). The maximum atomic E-state index is 5.19. The summed E-state index contributed by atoms with van der Waals surface area (Å²) in [6.07, 6.45) is 6.49. The fourth-order valence-electron chi connectivity index (χ4n) is 9.04. The molecule has 0 fully saturated rings. The third kappa shape index (κ3) is 5.53. The van der Waals surface area contributed by atoms with Crippen LogP contribution >= 0.6 is 0 Å². The first-order chi connectivity index (χ1) is 30.2. The highest BCUT2D eigenvalue weighted by atomic mass is 15.2. The van der Waals surface area contributed by atoms with Crippen molar-refractivity contribution in [1.82, 2.24) is 40.2 Å². The predicted octanol–water partition coefficient (Wildman–Crippen LogP) is 9.29. The Bertz CT molecular complexity index is 3160. The molecule has 3 aliphatic rings. The Balaban J connectivity index is 1.07.